The van der Waals surface area contributed by atoms with Crippen molar-refractivity contribution in [2.45, 2.75) is 5.33 Å². The van der Waals surface area contributed by atoms with E-state index in [1.54, 1.807) is 12.4 Å². The summed E-state index contributed by atoms with van der Waals surface area (Å²) in [6.07, 6.45) is 3.47. The van der Waals surface area contributed by atoms with Crippen LogP contribution in [0.3, 0.4) is 0 Å². The summed E-state index contributed by atoms with van der Waals surface area (Å²) >= 11 is 3.35. The van der Waals surface area contributed by atoms with Gasteiger partial charge in [-0.15, -0.1) is 0 Å². The third-order valence-corrected chi connectivity index (χ3v) is 2.69. The van der Waals surface area contributed by atoms with E-state index in [9.17, 15) is 4.79 Å². The zero-order valence-electron chi connectivity index (χ0n) is 7.90. The van der Waals surface area contributed by atoms with Gasteiger partial charge in [0.2, 0.25) is 5.56 Å². The first-order chi connectivity index (χ1) is 7.31. The van der Waals surface area contributed by atoms with Gasteiger partial charge in [0.15, 0.2) is 0 Å². The maximum Gasteiger partial charge on any atom is 0.248 e. The van der Waals surface area contributed by atoms with Gasteiger partial charge < -0.3 is 4.98 Å². The molecule has 2 rings (SSSR count). The van der Waals surface area contributed by atoms with E-state index < -0.39 is 0 Å². The lowest BCUT2D eigenvalue weighted by molar-refractivity contribution is 1.13. The van der Waals surface area contributed by atoms with Gasteiger partial charge in [0.05, 0.1) is 0 Å². The van der Waals surface area contributed by atoms with Crippen molar-refractivity contribution in [3.63, 3.8) is 0 Å². The molecule has 0 bridgehead atoms. The molecule has 3 nitrogen and oxygen atoms in total. The highest BCUT2D eigenvalue weighted by Crippen LogP contribution is 2.21. The number of halogens is 1. The minimum Gasteiger partial charge on any atom is -0.325 e. The Labute approximate surface area is 95.3 Å². The van der Waals surface area contributed by atoms with E-state index in [0.29, 0.717) is 5.33 Å². The van der Waals surface area contributed by atoms with Gasteiger partial charge in [-0.05, 0) is 23.8 Å². The molecule has 0 aliphatic heterocycles. The Kier molecular flexibility index (Phi) is 2.97. The highest BCUT2D eigenvalue weighted by Gasteiger charge is 2.04. The Bertz CT molecular complexity index is 507. The smallest absolute Gasteiger partial charge is 0.248 e. The predicted octanol–water partition coefficient (Wildman–Crippen LogP) is 2.33. The SMILES string of the molecule is O=c1ccc(-c2ccncc2)c(CBr)[nH]1. The Balaban J connectivity index is 2.58. The number of nitrogens with zero attached hydrogens (tertiary/aromatic N) is 1. The van der Waals surface area contributed by atoms with Gasteiger partial charge in [0.1, 0.15) is 0 Å². The molecule has 0 fully saturated rings. The van der Waals surface area contributed by atoms with Crippen LogP contribution in [0.2, 0.25) is 0 Å². The number of aromatic amines is 1. The van der Waals surface area contributed by atoms with Gasteiger partial charge in [-0.3, -0.25) is 9.78 Å². The maximum atomic E-state index is 11.1. The van der Waals surface area contributed by atoms with Crippen molar-refractivity contribution in [1.82, 2.24) is 9.97 Å². The lowest BCUT2D eigenvalue weighted by Gasteiger charge is -2.05. The Morgan fingerprint density at radius 1 is 1.20 bits per heavy atom. The predicted molar refractivity (Wildman–Crippen MR) is 62.9 cm³/mol. The Morgan fingerprint density at radius 2 is 1.93 bits per heavy atom. The fourth-order valence-electron chi connectivity index (χ4n) is 1.42. The van der Waals surface area contributed by atoms with Gasteiger partial charge in [0.25, 0.3) is 0 Å². The number of alkyl halides is 1. The molecule has 0 aromatic carbocycles. The molecule has 0 radical (unpaired) electrons. The second-order valence-corrected chi connectivity index (χ2v) is 3.65. The molecule has 76 valence electrons. The summed E-state index contributed by atoms with van der Waals surface area (Å²) in [5, 5.41) is 0.626. The molecule has 0 aliphatic rings. The number of rotatable bonds is 2. The molecule has 0 saturated carbocycles. The van der Waals surface area contributed by atoms with E-state index in [-0.39, 0.29) is 5.56 Å². The highest BCUT2D eigenvalue weighted by atomic mass is 79.9. The fraction of sp³-hybridized carbons (Fsp3) is 0.0909. The number of H-pyrrole nitrogens is 1. The molecular formula is C11H9BrN2O. The first kappa shape index (κ1) is 10.1. The monoisotopic (exact) mass is 264 g/mol. The summed E-state index contributed by atoms with van der Waals surface area (Å²) in [7, 11) is 0. The maximum absolute atomic E-state index is 11.1. The number of pyridine rings is 2. The molecule has 0 aliphatic carbocycles. The second-order valence-electron chi connectivity index (χ2n) is 3.08. The van der Waals surface area contributed by atoms with Gasteiger partial charge in [0, 0.05) is 35.0 Å². The van der Waals surface area contributed by atoms with Gasteiger partial charge in [-0.1, -0.05) is 15.9 Å². The summed E-state index contributed by atoms with van der Waals surface area (Å²) in [4.78, 5) is 17.9. The summed E-state index contributed by atoms with van der Waals surface area (Å²) < 4.78 is 0. The molecule has 0 atom stereocenters. The van der Waals surface area contributed by atoms with Crippen LogP contribution in [-0.2, 0) is 5.33 Å². The first-order valence-corrected chi connectivity index (χ1v) is 5.62. The quantitative estimate of drug-likeness (QED) is 0.847. The van der Waals surface area contributed by atoms with Crippen molar-refractivity contribution in [3.8, 4) is 11.1 Å². The summed E-state index contributed by atoms with van der Waals surface area (Å²) in [5.41, 5.74) is 2.88. The average Bonchev–Trinajstić information content (AvgIpc) is 2.30. The van der Waals surface area contributed by atoms with E-state index in [2.05, 4.69) is 25.9 Å². The minimum absolute atomic E-state index is 0.0812. The van der Waals surface area contributed by atoms with E-state index in [0.717, 1.165) is 16.8 Å². The fourth-order valence-corrected chi connectivity index (χ4v) is 1.87. The molecule has 2 heterocycles. The van der Waals surface area contributed by atoms with Crippen molar-refractivity contribution in [3.05, 3.63) is 52.7 Å². The number of nitrogens with one attached hydrogen (secondary N) is 1. The topological polar surface area (TPSA) is 45.8 Å². The lowest BCUT2D eigenvalue weighted by Crippen LogP contribution is -2.07. The van der Waals surface area contributed by atoms with Crippen LogP contribution in [-0.4, -0.2) is 9.97 Å². The van der Waals surface area contributed by atoms with Crippen molar-refractivity contribution in [2.75, 3.05) is 0 Å². The summed E-state index contributed by atoms with van der Waals surface area (Å²) in [5.74, 6) is 0. The third-order valence-electron chi connectivity index (χ3n) is 2.13. The van der Waals surface area contributed by atoms with E-state index in [1.807, 2.05) is 18.2 Å². The summed E-state index contributed by atoms with van der Waals surface area (Å²) in [6, 6.07) is 7.19. The molecule has 1 N–H and O–H groups in total. The van der Waals surface area contributed by atoms with Crippen molar-refractivity contribution >= 4 is 15.9 Å². The molecule has 0 amide bonds. The molecule has 0 unspecified atom stereocenters. The van der Waals surface area contributed by atoms with Crippen LogP contribution in [0.5, 0.6) is 0 Å². The third kappa shape index (κ3) is 2.15. The number of hydrogen-bond acceptors (Lipinski definition) is 2. The van der Waals surface area contributed by atoms with Crippen molar-refractivity contribution < 1.29 is 0 Å². The largest absolute Gasteiger partial charge is 0.325 e. The molecule has 4 heteroatoms. The second kappa shape index (κ2) is 4.40. The van der Waals surface area contributed by atoms with Gasteiger partial charge in [-0.2, -0.15) is 0 Å². The van der Waals surface area contributed by atoms with Crippen LogP contribution in [0.4, 0.5) is 0 Å². The van der Waals surface area contributed by atoms with Crippen LogP contribution in [0.25, 0.3) is 11.1 Å². The van der Waals surface area contributed by atoms with Crippen LogP contribution in [0.1, 0.15) is 5.69 Å². The minimum atomic E-state index is -0.0812. The van der Waals surface area contributed by atoms with Crippen LogP contribution in [0, 0.1) is 0 Å². The van der Waals surface area contributed by atoms with E-state index in [1.165, 1.54) is 6.07 Å². The van der Waals surface area contributed by atoms with Gasteiger partial charge >= 0.3 is 0 Å². The normalized spacial score (nSPS) is 10.2. The Morgan fingerprint density at radius 3 is 2.60 bits per heavy atom. The molecule has 2 aromatic heterocycles. The van der Waals surface area contributed by atoms with Crippen LogP contribution >= 0.6 is 15.9 Å². The molecule has 15 heavy (non-hydrogen) atoms. The molecular weight excluding hydrogens is 256 g/mol. The average molecular weight is 265 g/mol. The van der Waals surface area contributed by atoms with Crippen LogP contribution < -0.4 is 5.56 Å². The zero-order chi connectivity index (χ0) is 10.7. The standard InChI is InChI=1S/C11H9BrN2O/c12-7-10-9(1-2-11(15)14-10)8-3-5-13-6-4-8/h1-6H,7H2,(H,14,15). The molecule has 2 aromatic rings. The highest BCUT2D eigenvalue weighted by molar-refractivity contribution is 9.08. The van der Waals surface area contributed by atoms with Crippen molar-refractivity contribution in [1.29, 1.82) is 0 Å². The number of hydrogen-bond donors (Lipinski definition) is 1. The zero-order valence-corrected chi connectivity index (χ0v) is 9.49. The van der Waals surface area contributed by atoms with Crippen molar-refractivity contribution in [2.24, 2.45) is 0 Å². The Hall–Kier alpha value is -1.42. The summed E-state index contributed by atoms with van der Waals surface area (Å²) in [6.45, 7) is 0. The molecule has 0 saturated heterocycles. The first-order valence-electron chi connectivity index (χ1n) is 4.50. The van der Waals surface area contributed by atoms with E-state index >= 15 is 0 Å². The number of aromatic nitrogens is 2. The van der Waals surface area contributed by atoms with E-state index in [4.69, 9.17) is 0 Å². The van der Waals surface area contributed by atoms with Crippen LogP contribution in [0.15, 0.2) is 41.5 Å². The lowest BCUT2D eigenvalue weighted by atomic mass is 10.1. The van der Waals surface area contributed by atoms with Gasteiger partial charge in [-0.25, -0.2) is 0 Å². The molecule has 0 spiro atoms.